The van der Waals surface area contributed by atoms with Crippen LogP contribution in [0.3, 0.4) is 0 Å². The fourth-order valence-corrected chi connectivity index (χ4v) is 3.34. The van der Waals surface area contributed by atoms with Crippen LogP contribution in [0, 0.1) is 23.4 Å². The van der Waals surface area contributed by atoms with Crippen LogP contribution in [-0.4, -0.2) is 96.1 Å². The Morgan fingerprint density at radius 2 is 0.667 bits per heavy atom. The molecule has 0 aliphatic rings. The maximum atomic E-state index is 11.1. The van der Waals surface area contributed by atoms with Gasteiger partial charge in [0, 0.05) is 15.7 Å². The zero-order valence-electron chi connectivity index (χ0n) is 24.7. The smallest absolute Gasteiger partial charge is 1.00 e. The molecule has 0 aliphatic carbocycles. The predicted molar refractivity (Wildman–Crippen MR) is 131 cm³/mol. The normalized spacial score (nSPS) is 9.87. The predicted octanol–water partition coefficient (Wildman–Crippen LogP) is -9.18. The summed E-state index contributed by atoms with van der Waals surface area (Å²) in [6, 6.07) is 0. The van der Waals surface area contributed by atoms with E-state index >= 15 is 0 Å². The molecular weight excluding hydrogens is 1000 g/mol. The van der Waals surface area contributed by atoms with Gasteiger partial charge in [0.05, 0.1) is 0 Å². The van der Waals surface area contributed by atoms with Gasteiger partial charge in [0.15, 0.2) is 0 Å². The summed E-state index contributed by atoms with van der Waals surface area (Å²) in [6.45, 7) is 3.50. The van der Waals surface area contributed by atoms with Gasteiger partial charge in [-0.2, -0.15) is 72.6 Å². The number of nitrogens with zero attached hydrogens (tertiary/aromatic N) is 3. The SMILES string of the molecule is C#N.F.FF.N#CF.O=C=NS(=O)(=O)F.O=S(=O)(F)NS(=O)(=O)F.O=S(=O)(F)NS(=O)(=O)F.O=S(=O)(F)NS(=O)(=O)F.O=S(=O)(O)F.O=S(=O)=O.[H-].[Li+].[Li+].[OH-]. The first-order chi connectivity index (χ1) is 21.3. The Hall–Kier alpha value is -2.27. The van der Waals surface area contributed by atoms with Crippen molar-refractivity contribution in [2.24, 2.45) is 4.40 Å². The molecule has 0 amide bonds. The Bertz CT molecular complexity index is 1860. The molecule has 0 bridgehead atoms. The Labute approximate surface area is 321 Å². The van der Waals surface area contributed by atoms with Crippen molar-refractivity contribution in [3.63, 3.8) is 0 Å². The molecule has 0 radical (unpaired) electrons. The number of halogens is 12. The summed E-state index contributed by atoms with van der Waals surface area (Å²) in [7, 11) is -46.2. The Morgan fingerprint density at radius 3 is 0.667 bits per heavy atom. The molecule has 0 unspecified atom stereocenters. The molecular formula is C3H8F12Li2N6O22S9. The third-order valence-electron chi connectivity index (χ3n) is 0.744. The molecule has 0 rings (SSSR count). The fraction of sp³-hybridized carbons (Fsp3) is 0. The van der Waals surface area contributed by atoms with E-state index < -0.39 is 94.0 Å². The van der Waals surface area contributed by atoms with Gasteiger partial charge in [-0.15, -0.1) is 17.0 Å². The van der Waals surface area contributed by atoms with Crippen LogP contribution >= 0.6 is 0 Å². The number of hydrogen-bond donors (Lipinski definition) is 4. The molecule has 0 spiro atoms. The van der Waals surface area contributed by atoms with E-state index in [1.54, 1.807) is 4.40 Å². The van der Waals surface area contributed by atoms with Crippen LogP contribution in [0.15, 0.2) is 4.40 Å². The van der Waals surface area contributed by atoms with Crippen LogP contribution in [0.4, 0.5) is 49.3 Å². The quantitative estimate of drug-likeness (QED) is 0.0459. The van der Waals surface area contributed by atoms with Crippen LogP contribution in [0.5, 0.6) is 0 Å². The van der Waals surface area contributed by atoms with Gasteiger partial charge in [0.1, 0.15) is 0 Å². The second-order valence-corrected chi connectivity index (χ2v) is 13.7. The van der Waals surface area contributed by atoms with Crippen LogP contribution in [0.1, 0.15) is 1.43 Å². The summed E-state index contributed by atoms with van der Waals surface area (Å²) in [5.41, 5.74) is 0. The topological polar surface area (TPSA) is 488 Å². The number of rotatable bonds is 7. The summed E-state index contributed by atoms with van der Waals surface area (Å²) < 4.78 is 294. The van der Waals surface area contributed by atoms with E-state index in [-0.39, 0.29) is 68.0 Å². The van der Waals surface area contributed by atoms with E-state index in [0.717, 1.165) is 0 Å². The second-order valence-electron chi connectivity index (χ2n) is 4.17. The molecule has 54 heavy (non-hydrogen) atoms. The van der Waals surface area contributed by atoms with Crippen molar-refractivity contribution in [3.8, 4) is 12.9 Å². The van der Waals surface area contributed by atoms with E-state index in [2.05, 4.69) is 6.57 Å². The molecule has 0 atom stereocenters. The van der Waals surface area contributed by atoms with Crippen LogP contribution < -0.4 is 50.1 Å². The number of hydrogen-bond acceptors (Lipinski definition) is 23. The molecule has 0 saturated carbocycles. The molecule has 51 heteroatoms. The summed E-state index contributed by atoms with van der Waals surface area (Å²) in [6.07, 6.45) is 0.770. The van der Waals surface area contributed by atoms with Crippen molar-refractivity contribution in [1.29, 1.82) is 10.5 Å². The van der Waals surface area contributed by atoms with Gasteiger partial charge >= 0.3 is 132 Å². The van der Waals surface area contributed by atoms with Gasteiger partial charge in [-0.05, 0) is 4.40 Å². The van der Waals surface area contributed by atoms with Gasteiger partial charge in [-0.25, -0.2) is 10.1 Å². The van der Waals surface area contributed by atoms with Gasteiger partial charge in [0.25, 0.3) is 12.4 Å². The summed E-state index contributed by atoms with van der Waals surface area (Å²) >= 11 is 0. The maximum absolute atomic E-state index is 11.1. The van der Waals surface area contributed by atoms with Crippen molar-refractivity contribution >= 4 is 100 Å². The Balaban J connectivity index is -0.0000000294. The molecule has 0 fully saturated rings. The number of carbonyl (C=O) groups excluding carboxylic acids is 1. The Morgan fingerprint density at radius 1 is 0.574 bits per heavy atom. The Kier molecular flexibility index (Phi) is 68.8. The first kappa shape index (κ1) is 88.8. The minimum absolute atomic E-state index is 0. The van der Waals surface area contributed by atoms with Crippen molar-refractivity contribution in [3.05, 3.63) is 0 Å². The number of isocyanates is 1. The molecule has 0 aromatic carbocycles. The molecule has 322 valence electrons. The van der Waals surface area contributed by atoms with Gasteiger partial charge in [0.2, 0.25) is 0 Å². The molecule has 0 aromatic rings. The van der Waals surface area contributed by atoms with E-state index in [9.17, 15) is 86.0 Å². The van der Waals surface area contributed by atoms with Crippen molar-refractivity contribution in [2.75, 3.05) is 0 Å². The standard InChI is InChI=1S/CFNO3S.CFN.CHN.3F2HNO4S2.F2.FHO3S.FH.2Li.O3S.H2O.H/c2-7(5,6)3-1-4;2-1-3;1-2;3*1-8(4,5)3-9(2,6)7;1-2;1-5(2,3)4;;;;1-4(2)3;;/h;;1H;3*3H;;(H,2,3,4);1H;;;;1H2;/q;;;;;;;;;2*+1;;;-1/p-1. The largest absolute Gasteiger partial charge is 1.00 e. The van der Waals surface area contributed by atoms with Crippen molar-refractivity contribution in [2.45, 2.75) is 0 Å². The monoisotopic (exact) mass is 1010 g/mol. The average molecular weight is 1010 g/mol. The van der Waals surface area contributed by atoms with Crippen LogP contribution in [-0.2, 0) is 98.8 Å². The molecule has 5 N–H and O–H groups in total. The third-order valence-corrected chi connectivity index (χ3v) is 5.81. The van der Waals surface area contributed by atoms with Gasteiger partial charge < -0.3 is 6.90 Å². The average Bonchev–Trinajstić information content (AvgIpc) is 2.68. The minimum atomic E-state index is -5.49. The third kappa shape index (κ3) is 303. The maximum Gasteiger partial charge on any atom is 1.00 e. The minimum Gasteiger partial charge on any atom is -1.00 e. The zero-order chi connectivity index (χ0) is 43.8. The molecule has 0 aliphatic heterocycles. The summed E-state index contributed by atoms with van der Waals surface area (Å²) in [5, 5.41) is 13.2. The van der Waals surface area contributed by atoms with Crippen molar-refractivity contribution < 1.29 is 183 Å². The van der Waals surface area contributed by atoms with Gasteiger partial charge in [-0.3, -0.25) is 9.26 Å². The second kappa shape index (κ2) is 41.9. The van der Waals surface area contributed by atoms with E-state index in [0.29, 0.717) is 6.08 Å². The zero-order valence-corrected chi connectivity index (χ0v) is 31.1. The first-order valence-corrected chi connectivity index (χ1v) is 19.2. The summed E-state index contributed by atoms with van der Waals surface area (Å²) in [5.74, 6) is 0. The van der Waals surface area contributed by atoms with Crippen molar-refractivity contribution in [1.82, 2.24) is 12.4 Å². The number of nitrogens with one attached hydrogen (secondary N) is 3. The summed E-state index contributed by atoms with van der Waals surface area (Å²) in [4.78, 5) is 8.91. The van der Waals surface area contributed by atoms with Crippen LogP contribution in [0.2, 0.25) is 0 Å². The van der Waals surface area contributed by atoms with Crippen LogP contribution in [0.25, 0.3) is 0 Å². The molecule has 28 nitrogen and oxygen atoms in total. The number of nitriles is 2. The van der Waals surface area contributed by atoms with Gasteiger partial charge in [-0.1, -0.05) is 43.5 Å². The van der Waals surface area contributed by atoms with E-state index in [1.807, 2.05) is 0 Å². The fourth-order valence-electron chi connectivity index (χ4n) is 0.401. The molecule has 0 saturated heterocycles. The van der Waals surface area contributed by atoms with E-state index in [4.69, 9.17) is 58.5 Å². The van der Waals surface area contributed by atoms with E-state index in [1.165, 1.54) is 0 Å². The molecule has 0 aromatic heterocycles. The first-order valence-electron chi connectivity index (χ1n) is 7.23. The molecule has 0 heterocycles.